The van der Waals surface area contributed by atoms with E-state index in [1.807, 2.05) is 0 Å². The summed E-state index contributed by atoms with van der Waals surface area (Å²) in [5.74, 6) is -0.0375. The molecule has 1 saturated heterocycles. The van der Waals surface area contributed by atoms with Crippen molar-refractivity contribution in [3.8, 4) is 0 Å². The third kappa shape index (κ3) is 5.68. The van der Waals surface area contributed by atoms with E-state index >= 15 is 0 Å². The third-order valence-corrected chi connectivity index (χ3v) is 2.76. The average molecular weight is 242 g/mol. The molecular weight excluding hydrogens is 220 g/mol. The maximum Gasteiger partial charge on any atom is 0.241 e. The lowest BCUT2D eigenvalue weighted by Crippen LogP contribution is -2.36. The lowest BCUT2D eigenvalue weighted by Gasteiger charge is -2.19. The van der Waals surface area contributed by atoms with Gasteiger partial charge in [0.05, 0.1) is 6.54 Å². The van der Waals surface area contributed by atoms with E-state index in [4.69, 9.17) is 4.74 Å². The first-order chi connectivity index (χ1) is 8.24. The summed E-state index contributed by atoms with van der Waals surface area (Å²) in [7, 11) is 0. The van der Waals surface area contributed by atoms with Crippen molar-refractivity contribution in [1.82, 2.24) is 10.2 Å². The number of hydrogen-bond acceptors (Lipinski definition) is 3. The molecule has 0 aliphatic carbocycles. The second-order valence-electron chi connectivity index (χ2n) is 4.23. The van der Waals surface area contributed by atoms with Crippen LogP contribution in [0.25, 0.3) is 0 Å². The minimum atomic E-state index is -0.0416. The van der Waals surface area contributed by atoms with E-state index in [1.165, 1.54) is 0 Å². The second-order valence-corrected chi connectivity index (χ2v) is 4.23. The SMILES string of the molecule is CCCCOCCCN1CCC(=O)NCC1=O. The van der Waals surface area contributed by atoms with Gasteiger partial charge in [-0.3, -0.25) is 9.59 Å². The van der Waals surface area contributed by atoms with Gasteiger partial charge in [0.2, 0.25) is 11.8 Å². The van der Waals surface area contributed by atoms with Crippen molar-refractivity contribution < 1.29 is 14.3 Å². The van der Waals surface area contributed by atoms with Gasteiger partial charge in [0.25, 0.3) is 0 Å². The van der Waals surface area contributed by atoms with Crippen LogP contribution >= 0.6 is 0 Å². The highest BCUT2D eigenvalue weighted by molar-refractivity contribution is 5.87. The number of unbranched alkanes of at least 4 members (excludes halogenated alkanes) is 1. The molecule has 0 aromatic heterocycles. The molecule has 5 heteroatoms. The molecule has 1 aliphatic heterocycles. The van der Waals surface area contributed by atoms with Crippen molar-refractivity contribution in [3.05, 3.63) is 0 Å². The van der Waals surface area contributed by atoms with Crippen LogP contribution in [-0.4, -0.2) is 49.6 Å². The molecule has 0 spiro atoms. The van der Waals surface area contributed by atoms with Crippen LogP contribution in [0.5, 0.6) is 0 Å². The number of nitrogens with one attached hydrogen (secondary N) is 1. The standard InChI is InChI=1S/C12H22N2O3/c1-2-3-8-17-9-4-6-14-7-5-11(15)13-10-12(14)16/h2-10H2,1H3,(H,13,15). The molecule has 1 aliphatic rings. The molecule has 0 saturated carbocycles. The van der Waals surface area contributed by atoms with Gasteiger partial charge in [0.1, 0.15) is 0 Å². The molecule has 0 aromatic rings. The van der Waals surface area contributed by atoms with Crippen LogP contribution in [-0.2, 0) is 14.3 Å². The topological polar surface area (TPSA) is 58.6 Å². The van der Waals surface area contributed by atoms with Gasteiger partial charge in [-0.15, -0.1) is 0 Å². The quantitative estimate of drug-likeness (QED) is 0.663. The van der Waals surface area contributed by atoms with Crippen LogP contribution in [0, 0.1) is 0 Å². The molecule has 5 nitrogen and oxygen atoms in total. The van der Waals surface area contributed by atoms with Gasteiger partial charge in [0, 0.05) is 32.7 Å². The average Bonchev–Trinajstić information content (AvgIpc) is 2.48. The summed E-state index contributed by atoms with van der Waals surface area (Å²) in [4.78, 5) is 24.4. The zero-order chi connectivity index (χ0) is 12.5. The van der Waals surface area contributed by atoms with Crippen molar-refractivity contribution in [2.45, 2.75) is 32.6 Å². The Morgan fingerprint density at radius 1 is 1.29 bits per heavy atom. The minimum Gasteiger partial charge on any atom is -0.381 e. The highest BCUT2D eigenvalue weighted by Crippen LogP contribution is 2.00. The second kappa shape index (κ2) is 8.06. The first-order valence-corrected chi connectivity index (χ1v) is 6.36. The summed E-state index contributed by atoms with van der Waals surface area (Å²) in [5.41, 5.74) is 0. The number of hydrogen-bond donors (Lipinski definition) is 1. The summed E-state index contributed by atoms with van der Waals surface area (Å²) in [5, 5.41) is 2.58. The van der Waals surface area contributed by atoms with E-state index in [0.29, 0.717) is 26.1 Å². The molecule has 1 rings (SSSR count). The van der Waals surface area contributed by atoms with Crippen LogP contribution in [0.2, 0.25) is 0 Å². The molecule has 0 aromatic carbocycles. The van der Waals surface area contributed by atoms with E-state index < -0.39 is 0 Å². The highest BCUT2D eigenvalue weighted by atomic mass is 16.5. The third-order valence-electron chi connectivity index (χ3n) is 2.76. The molecule has 0 unspecified atom stereocenters. The van der Waals surface area contributed by atoms with Gasteiger partial charge in [-0.25, -0.2) is 0 Å². The van der Waals surface area contributed by atoms with E-state index in [0.717, 1.165) is 25.9 Å². The van der Waals surface area contributed by atoms with Crippen molar-refractivity contribution in [2.75, 3.05) is 32.8 Å². The number of amides is 2. The summed E-state index contributed by atoms with van der Waals surface area (Å²) in [6.45, 7) is 4.95. The van der Waals surface area contributed by atoms with Crippen molar-refractivity contribution in [2.24, 2.45) is 0 Å². The maximum absolute atomic E-state index is 11.6. The van der Waals surface area contributed by atoms with Crippen molar-refractivity contribution in [3.63, 3.8) is 0 Å². The molecule has 1 N–H and O–H groups in total. The zero-order valence-corrected chi connectivity index (χ0v) is 10.5. The molecule has 0 radical (unpaired) electrons. The molecule has 1 heterocycles. The molecule has 17 heavy (non-hydrogen) atoms. The van der Waals surface area contributed by atoms with E-state index in [-0.39, 0.29) is 18.4 Å². The van der Waals surface area contributed by atoms with Gasteiger partial charge in [-0.1, -0.05) is 13.3 Å². The van der Waals surface area contributed by atoms with E-state index in [2.05, 4.69) is 12.2 Å². The Hall–Kier alpha value is -1.10. The fourth-order valence-corrected chi connectivity index (χ4v) is 1.68. The Bertz CT molecular complexity index is 256. The molecular formula is C12H22N2O3. The number of ether oxygens (including phenoxy) is 1. The summed E-state index contributed by atoms with van der Waals surface area (Å²) < 4.78 is 5.43. The predicted octanol–water partition coefficient (Wildman–Crippen LogP) is 0.542. The zero-order valence-electron chi connectivity index (χ0n) is 10.5. The van der Waals surface area contributed by atoms with Gasteiger partial charge in [0.15, 0.2) is 0 Å². The van der Waals surface area contributed by atoms with E-state index in [9.17, 15) is 9.59 Å². The first-order valence-electron chi connectivity index (χ1n) is 6.36. The molecule has 1 fully saturated rings. The summed E-state index contributed by atoms with van der Waals surface area (Å²) >= 11 is 0. The fourth-order valence-electron chi connectivity index (χ4n) is 1.68. The van der Waals surface area contributed by atoms with Crippen molar-refractivity contribution >= 4 is 11.8 Å². The van der Waals surface area contributed by atoms with Crippen LogP contribution in [0.3, 0.4) is 0 Å². The lowest BCUT2D eigenvalue weighted by molar-refractivity contribution is -0.130. The number of carbonyl (C=O) groups excluding carboxylic acids is 2. The van der Waals surface area contributed by atoms with Crippen LogP contribution in [0.1, 0.15) is 32.6 Å². The first kappa shape index (κ1) is 14.0. The predicted molar refractivity (Wildman–Crippen MR) is 64.6 cm³/mol. The van der Waals surface area contributed by atoms with Crippen LogP contribution in [0.4, 0.5) is 0 Å². The minimum absolute atomic E-state index is 0.00408. The normalized spacial score (nSPS) is 16.9. The summed E-state index contributed by atoms with van der Waals surface area (Å²) in [6.07, 6.45) is 3.46. The molecule has 0 bridgehead atoms. The Morgan fingerprint density at radius 2 is 2.06 bits per heavy atom. The Balaban J connectivity index is 2.12. The highest BCUT2D eigenvalue weighted by Gasteiger charge is 2.19. The molecule has 2 amide bonds. The van der Waals surface area contributed by atoms with Gasteiger partial charge < -0.3 is 15.0 Å². The smallest absolute Gasteiger partial charge is 0.241 e. The summed E-state index contributed by atoms with van der Waals surface area (Å²) in [6, 6.07) is 0. The van der Waals surface area contributed by atoms with Crippen molar-refractivity contribution in [1.29, 1.82) is 0 Å². The fraction of sp³-hybridized carbons (Fsp3) is 0.833. The number of carbonyl (C=O) groups is 2. The van der Waals surface area contributed by atoms with Gasteiger partial charge in [-0.2, -0.15) is 0 Å². The molecule has 0 atom stereocenters. The number of nitrogens with zero attached hydrogens (tertiary/aromatic N) is 1. The largest absolute Gasteiger partial charge is 0.381 e. The Morgan fingerprint density at radius 3 is 2.82 bits per heavy atom. The van der Waals surface area contributed by atoms with Gasteiger partial charge >= 0.3 is 0 Å². The van der Waals surface area contributed by atoms with E-state index in [1.54, 1.807) is 4.90 Å². The monoisotopic (exact) mass is 242 g/mol. The maximum atomic E-state index is 11.6. The van der Waals surface area contributed by atoms with Gasteiger partial charge in [-0.05, 0) is 12.8 Å². The molecule has 98 valence electrons. The lowest BCUT2D eigenvalue weighted by atomic mass is 10.3. The Kier molecular flexibility index (Phi) is 6.62. The van der Waals surface area contributed by atoms with Crippen LogP contribution < -0.4 is 5.32 Å². The number of rotatable bonds is 7. The van der Waals surface area contributed by atoms with Crippen LogP contribution in [0.15, 0.2) is 0 Å². The Labute approximate surface area is 102 Å².